The maximum atomic E-state index is 12.5. The van der Waals surface area contributed by atoms with Gasteiger partial charge in [0.05, 0.1) is 19.8 Å². The SMILES string of the molecule is COc1ccc(C(=O)c2cc(Cl)ccc2N)c(OC)c1. The summed E-state index contributed by atoms with van der Waals surface area (Å²) in [7, 11) is 3.04. The van der Waals surface area contributed by atoms with Crippen molar-refractivity contribution in [1.82, 2.24) is 0 Å². The number of nitrogen functional groups attached to an aromatic ring is 1. The Bertz CT molecular complexity index is 656. The lowest BCUT2D eigenvalue weighted by Gasteiger charge is -2.11. The summed E-state index contributed by atoms with van der Waals surface area (Å²) in [5, 5.41) is 0.454. The van der Waals surface area contributed by atoms with Crippen LogP contribution in [0, 0.1) is 0 Å². The molecule has 0 saturated heterocycles. The highest BCUT2D eigenvalue weighted by Crippen LogP contribution is 2.29. The molecule has 2 aromatic carbocycles. The summed E-state index contributed by atoms with van der Waals surface area (Å²) in [6, 6.07) is 9.76. The van der Waals surface area contributed by atoms with Gasteiger partial charge in [0, 0.05) is 22.3 Å². The number of anilines is 1. The van der Waals surface area contributed by atoms with Crippen molar-refractivity contribution in [1.29, 1.82) is 0 Å². The molecule has 0 unspecified atom stereocenters. The van der Waals surface area contributed by atoms with Crippen molar-refractivity contribution in [3.8, 4) is 11.5 Å². The van der Waals surface area contributed by atoms with Crippen LogP contribution in [0.4, 0.5) is 5.69 Å². The highest BCUT2D eigenvalue weighted by Gasteiger charge is 2.17. The minimum atomic E-state index is -0.246. The Hall–Kier alpha value is -2.20. The molecule has 2 rings (SSSR count). The van der Waals surface area contributed by atoms with Crippen LogP contribution < -0.4 is 15.2 Å². The molecule has 0 fully saturated rings. The fraction of sp³-hybridized carbons (Fsp3) is 0.133. The van der Waals surface area contributed by atoms with Gasteiger partial charge in [-0.1, -0.05) is 11.6 Å². The Morgan fingerprint density at radius 1 is 1.05 bits per heavy atom. The molecule has 2 aromatic rings. The summed E-state index contributed by atoms with van der Waals surface area (Å²) in [6.07, 6.45) is 0. The van der Waals surface area contributed by atoms with E-state index < -0.39 is 0 Å². The van der Waals surface area contributed by atoms with Gasteiger partial charge in [-0.3, -0.25) is 4.79 Å². The average molecular weight is 292 g/mol. The van der Waals surface area contributed by atoms with Gasteiger partial charge in [-0.05, 0) is 30.3 Å². The number of ether oxygens (including phenoxy) is 2. The van der Waals surface area contributed by atoms with E-state index in [4.69, 9.17) is 26.8 Å². The molecule has 2 N–H and O–H groups in total. The fourth-order valence-corrected chi connectivity index (χ4v) is 2.03. The first kappa shape index (κ1) is 14.2. The molecule has 20 heavy (non-hydrogen) atoms. The van der Waals surface area contributed by atoms with E-state index in [0.717, 1.165) is 0 Å². The summed E-state index contributed by atoms with van der Waals surface area (Å²) in [6.45, 7) is 0. The third-order valence-electron chi connectivity index (χ3n) is 2.91. The first-order chi connectivity index (χ1) is 9.56. The van der Waals surface area contributed by atoms with Gasteiger partial charge < -0.3 is 15.2 Å². The van der Waals surface area contributed by atoms with Crippen LogP contribution in [-0.4, -0.2) is 20.0 Å². The molecule has 5 heteroatoms. The largest absolute Gasteiger partial charge is 0.497 e. The number of halogens is 1. The minimum Gasteiger partial charge on any atom is -0.497 e. The molecule has 0 aliphatic rings. The molecule has 0 atom stereocenters. The lowest BCUT2D eigenvalue weighted by atomic mass is 10.0. The number of methoxy groups -OCH3 is 2. The molecule has 0 bridgehead atoms. The predicted octanol–water partition coefficient (Wildman–Crippen LogP) is 3.17. The van der Waals surface area contributed by atoms with Gasteiger partial charge >= 0.3 is 0 Å². The van der Waals surface area contributed by atoms with Crippen LogP contribution in [0.5, 0.6) is 11.5 Å². The van der Waals surface area contributed by atoms with Gasteiger partial charge in [-0.25, -0.2) is 0 Å². The third-order valence-corrected chi connectivity index (χ3v) is 3.15. The number of nitrogens with two attached hydrogens (primary N) is 1. The van der Waals surface area contributed by atoms with E-state index in [-0.39, 0.29) is 5.78 Å². The second-order valence-electron chi connectivity index (χ2n) is 4.13. The zero-order valence-corrected chi connectivity index (χ0v) is 11.9. The molecule has 0 aliphatic heterocycles. The van der Waals surface area contributed by atoms with E-state index >= 15 is 0 Å². The second-order valence-corrected chi connectivity index (χ2v) is 4.56. The maximum absolute atomic E-state index is 12.5. The van der Waals surface area contributed by atoms with Crippen molar-refractivity contribution in [3.05, 3.63) is 52.5 Å². The Kier molecular flexibility index (Phi) is 4.15. The van der Waals surface area contributed by atoms with E-state index in [0.29, 0.717) is 33.3 Å². The Labute approximate surface area is 122 Å². The summed E-state index contributed by atoms with van der Waals surface area (Å²) in [5.74, 6) is 0.788. The van der Waals surface area contributed by atoms with Crippen molar-refractivity contribution < 1.29 is 14.3 Å². The van der Waals surface area contributed by atoms with Crippen molar-refractivity contribution in [2.75, 3.05) is 20.0 Å². The highest BCUT2D eigenvalue weighted by molar-refractivity contribution is 6.31. The van der Waals surface area contributed by atoms with Gasteiger partial charge in [0.15, 0.2) is 5.78 Å². The summed E-state index contributed by atoms with van der Waals surface area (Å²) in [5.41, 5.74) is 6.96. The molecular weight excluding hydrogens is 278 g/mol. The fourth-order valence-electron chi connectivity index (χ4n) is 1.86. The number of hydrogen-bond donors (Lipinski definition) is 1. The Morgan fingerprint density at radius 3 is 2.45 bits per heavy atom. The summed E-state index contributed by atoms with van der Waals surface area (Å²) >= 11 is 5.91. The molecule has 0 amide bonds. The Balaban J connectivity index is 2.50. The third kappa shape index (κ3) is 2.70. The van der Waals surface area contributed by atoms with Crippen molar-refractivity contribution in [3.63, 3.8) is 0 Å². The topological polar surface area (TPSA) is 61.5 Å². The van der Waals surface area contributed by atoms with Gasteiger partial charge in [-0.15, -0.1) is 0 Å². The van der Waals surface area contributed by atoms with Crippen molar-refractivity contribution in [2.24, 2.45) is 0 Å². The molecule has 4 nitrogen and oxygen atoms in total. The molecule has 0 saturated carbocycles. The number of rotatable bonds is 4. The van der Waals surface area contributed by atoms with E-state index in [1.165, 1.54) is 7.11 Å². The number of carbonyl (C=O) groups is 1. The second kappa shape index (κ2) is 5.84. The van der Waals surface area contributed by atoms with E-state index in [1.54, 1.807) is 43.5 Å². The lowest BCUT2D eigenvalue weighted by molar-refractivity contribution is 0.103. The number of carbonyl (C=O) groups excluding carboxylic acids is 1. The lowest BCUT2D eigenvalue weighted by Crippen LogP contribution is -2.07. The van der Waals surface area contributed by atoms with Crippen molar-refractivity contribution >= 4 is 23.1 Å². The van der Waals surface area contributed by atoms with Crippen molar-refractivity contribution in [2.45, 2.75) is 0 Å². The van der Waals surface area contributed by atoms with Gasteiger partial charge in [0.25, 0.3) is 0 Å². The Morgan fingerprint density at radius 2 is 1.80 bits per heavy atom. The quantitative estimate of drug-likeness (QED) is 0.694. The maximum Gasteiger partial charge on any atom is 0.198 e. The first-order valence-corrected chi connectivity index (χ1v) is 6.26. The number of benzene rings is 2. The molecule has 104 valence electrons. The molecule has 0 aliphatic carbocycles. The van der Waals surface area contributed by atoms with Crippen LogP contribution in [0.25, 0.3) is 0 Å². The van der Waals surface area contributed by atoms with Crippen LogP contribution in [0.2, 0.25) is 5.02 Å². The normalized spacial score (nSPS) is 10.2. The van der Waals surface area contributed by atoms with Crippen LogP contribution >= 0.6 is 11.6 Å². The number of hydrogen-bond acceptors (Lipinski definition) is 4. The van der Waals surface area contributed by atoms with Crippen LogP contribution in [0.3, 0.4) is 0 Å². The van der Waals surface area contributed by atoms with Gasteiger partial charge in [-0.2, -0.15) is 0 Å². The summed E-state index contributed by atoms with van der Waals surface area (Å²) in [4.78, 5) is 12.5. The monoisotopic (exact) mass is 291 g/mol. The van der Waals surface area contributed by atoms with E-state index in [1.807, 2.05) is 0 Å². The van der Waals surface area contributed by atoms with Crippen LogP contribution in [0.15, 0.2) is 36.4 Å². The minimum absolute atomic E-state index is 0.246. The first-order valence-electron chi connectivity index (χ1n) is 5.88. The summed E-state index contributed by atoms with van der Waals surface area (Å²) < 4.78 is 10.3. The van der Waals surface area contributed by atoms with Gasteiger partial charge in [0.2, 0.25) is 0 Å². The predicted molar refractivity (Wildman–Crippen MR) is 78.8 cm³/mol. The molecule has 0 aromatic heterocycles. The van der Waals surface area contributed by atoms with Crippen LogP contribution in [-0.2, 0) is 0 Å². The van der Waals surface area contributed by atoms with Crippen LogP contribution in [0.1, 0.15) is 15.9 Å². The standard InChI is InChI=1S/C15H14ClNO3/c1-19-10-4-5-11(14(8-10)20-2)15(18)12-7-9(16)3-6-13(12)17/h3-8H,17H2,1-2H3. The molecular formula is C15H14ClNO3. The zero-order chi connectivity index (χ0) is 14.7. The molecule has 0 spiro atoms. The molecule has 0 radical (unpaired) electrons. The van der Waals surface area contributed by atoms with E-state index in [9.17, 15) is 4.79 Å². The highest BCUT2D eigenvalue weighted by atomic mass is 35.5. The zero-order valence-electron chi connectivity index (χ0n) is 11.1. The number of ketones is 1. The van der Waals surface area contributed by atoms with Gasteiger partial charge in [0.1, 0.15) is 11.5 Å². The smallest absolute Gasteiger partial charge is 0.198 e. The van der Waals surface area contributed by atoms with E-state index in [2.05, 4.69) is 0 Å². The molecule has 0 heterocycles. The average Bonchev–Trinajstić information content (AvgIpc) is 2.48.